The second-order valence-electron chi connectivity index (χ2n) is 5.71. The molecule has 0 atom stereocenters. The molecule has 0 aliphatic carbocycles. The monoisotopic (exact) mass is 380 g/mol. The van der Waals surface area contributed by atoms with Gasteiger partial charge in [-0.15, -0.1) is 0 Å². The molecule has 4 aromatic carbocycles. The van der Waals surface area contributed by atoms with Gasteiger partial charge in [-0.05, 0) is 58.1 Å². The van der Waals surface area contributed by atoms with E-state index in [-0.39, 0.29) is 0 Å². The van der Waals surface area contributed by atoms with Crippen LogP contribution in [0.3, 0.4) is 0 Å². The smallest absolute Gasteiger partial charge is 0.136 e. The van der Waals surface area contributed by atoms with Crippen molar-refractivity contribution in [2.75, 3.05) is 0 Å². The van der Waals surface area contributed by atoms with Crippen LogP contribution in [0, 0.1) is 0 Å². The average molecular weight is 382 g/mol. The van der Waals surface area contributed by atoms with Gasteiger partial charge in [0, 0.05) is 26.5 Å². The van der Waals surface area contributed by atoms with Gasteiger partial charge in [0.25, 0.3) is 0 Å². The number of ether oxygens (including phenoxy) is 1. The third-order valence-electron chi connectivity index (χ3n) is 4.35. The highest BCUT2D eigenvalue weighted by Crippen LogP contribution is 2.49. The van der Waals surface area contributed by atoms with E-state index in [9.17, 15) is 0 Å². The Bertz CT molecular complexity index is 1120. The van der Waals surface area contributed by atoms with E-state index in [0.717, 1.165) is 26.9 Å². The lowest BCUT2D eigenvalue weighted by atomic mass is 9.91. The van der Waals surface area contributed by atoms with Gasteiger partial charge in [0.15, 0.2) is 0 Å². The maximum absolute atomic E-state index is 6.13. The lowest BCUT2D eigenvalue weighted by Gasteiger charge is -2.22. The lowest BCUT2D eigenvalue weighted by Crippen LogP contribution is -1.97. The van der Waals surface area contributed by atoms with Crippen LogP contribution in [-0.4, -0.2) is 0 Å². The van der Waals surface area contributed by atoms with E-state index in [1.807, 2.05) is 30.3 Å². The molecule has 1 aliphatic rings. The molecule has 0 amide bonds. The molecule has 3 heteroatoms. The molecule has 4 aromatic rings. The number of hydrogen-bond donors (Lipinski definition) is 0. The summed E-state index contributed by atoms with van der Waals surface area (Å²) in [5.74, 6) is 1.70. The minimum Gasteiger partial charge on any atom is -0.456 e. The highest BCUT2D eigenvalue weighted by molar-refractivity contribution is 9.10. The first kappa shape index (κ1) is 13.4. The topological polar surface area (TPSA) is 9.23 Å². The van der Waals surface area contributed by atoms with Crippen molar-refractivity contribution >= 4 is 49.1 Å². The van der Waals surface area contributed by atoms with Gasteiger partial charge in [-0.3, -0.25) is 0 Å². The van der Waals surface area contributed by atoms with E-state index in [1.165, 1.54) is 21.7 Å². The Kier molecular flexibility index (Phi) is 2.76. The molecule has 0 fully saturated rings. The molecule has 0 radical (unpaired) electrons. The predicted octanol–water partition coefficient (Wildman–Crippen LogP) is 7.18. The summed E-state index contributed by atoms with van der Waals surface area (Å²) >= 11 is 9.71. The molecule has 110 valence electrons. The van der Waals surface area contributed by atoms with Crippen molar-refractivity contribution in [3.63, 3.8) is 0 Å². The molecular formula is C20H10BrClO. The number of halogens is 2. The Labute approximate surface area is 146 Å². The Morgan fingerprint density at radius 1 is 0.783 bits per heavy atom. The van der Waals surface area contributed by atoms with Crippen molar-refractivity contribution in [3.8, 4) is 22.6 Å². The molecule has 1 nitrogen and oxygen atoms in total. The molecule has 0 aromatic heterocycles. The van der Waals surface area contributed by atoms with Gasteiger partial charge < -0.3 is 4.74 Å². The van der Waals surface area contributed by atoms with Crippen LogP contribution >= 0.6 is 27.5 Å². The number of benzene rings is 4. The summed E-state index contributed by atoms with van der Waals surface area (Å²) in [4.78, 5) is 0. The number of hydrogen-bond acceptors (Lipinski definition) is 1. The van der Waals surface area contributed by atoms with Gasteiger partial charge in [-0.1, -0.05) is 45.7 Å². The molecule has 1 aliphatic heterocycles. The lowest BCUT2D eigenvalue weighted by molar-refractivity contribution is 0.487. The van der Waals surface area contributed by atoms with E-state index in [0.29, 0.717) is 5.02 Å². The molecule has 0 N–H and O–H groups in total. The van der Waals surface area contributed by atoms with Crippen molar-refractivity contribution in [2.24, 2.45) is 0 Å². The summed E-state index contributed by atoms with van der Waals surface area (Å²) in [6.07, 6.45) is 0. The Hall–Kier alpha value is -2.03. The molecule has 0 saturated heterocycles. The zero-order valence-corrected chi connectivity index (χ0v) is 14.3. The van der Waals surface area contributed by atoms with Gasteiger partial charge >= 0.3 is 0 Å². The Balaban J connectivity index is 2.01. The second kappa shape index (κ2) is 4.73. The fraction of sp³-hybridized carbons (Fsp3) is 0. The van der Waals surface area contributed by atoms with Crippen molar-refractivity contribution in [3.05, 3.63) is 70.2 Å². The summed E-state index contributed by atoms with van der Waals surface area (Å²) < 4.78 is 7.19. The van der Waals surface area contributed by atoms with Crippen molar-refractivity contribution in [1.82, 2.24) is 0 Å². The molecule has 1 heterocycles. The summed E-state index contributed by atoms with van der Waals surface area (Å²) in [6.45, 7) is 0. The minimum absolute atomic E-state index is 0.684. The van der Waals surface area contributed by atoms with Crippen molar-refractivity contribution < 1.29 is 4.74 Å². The summed E-state index contributed by atoms with van der Waals surface area (Å²) in [5.41, 5.74) is 2.28. The maximum Gasteiger partial charge on any atom is 0.136 e. The first-order valence-electron chi connectivity index (χ1n) is 7.33. The Morgan fingerprint density at radius 2 is 1.70 bits per heavy atom. The summed E-state index contributed by atoms with van der Waals surface area (Å²) in [6, 6.07) is 20.7. The van der Waals surface area contributed by atoms with Crippen molar-refractivity contribution in [1.29, 1.82) is 0 Å². The van der Waals surface area contributed by atoms with Gasteiger partial charge in [0.1, 0.15) is 11.5 Å². The van der Waals surface area contributed by atoms with E-state index in [4.69, 9.17) is 16.3 Å². The molecule has 0 unspecified atom stereocenters. The van der Waals surface area contributed by atoms with Crippen LogP contribution in [0.25, 0.3) is 32.7 Å². The van der Waals surface area contributed by atoms with E-state index in [2.05, 4.69) is 46.3 Å². The zero-order chi connectivity index (χ0) is 15.6. The van der Waals surface area contributed by atoms with Gasteiger partial charge in [-0.2, -0.15) is 0 Å². The third-order valence-corrected chi connectivity index (χ3v) is 5.08. The van der Waals surface area contributed by atoms with Gasteiger partial charge in [0.2, 0.25) is 0 Å². The molecular weight excluding hydrogens is 372 g/mol. The third kappa shape index (κ3) is 1.92. The average Bonchev–Trinajstić information content (AvgIpc) is 2.55. The van der Waals surface area contributed by atoms with Crippen LogP contribution in [0.4, 0.5) is 0 Å². The fourth-order valence-corrected chi connectivity index (χ4v) is 3.89. The summed E-state index contributed by atoms with van der Waals surface area (Å²) in [7, 11) is 0. The Morgan fingerprint density at radius 3 is 2.61 bits per heavy atom. The van der Waals surface area contributed by atoms with Gasteiger partial charge in [0.05, 0.1) is 0 Å². The highest BCUT2D eigenvalue weighted by Gasteiger charge is 2.21. The molecule has 0 bridgehead atoms. The number of fused-ring (bicyclic) bond motifs is 4. The first-order valence-corrected chi connectivity index (χ1v) is 8.50. The largest absolute Gasteiger partial charge is 0.456 e. The molecule has 0 spiro atoms. The van der Waals surface area contributed by atoms with E-state index < -0.39 is 0 Å². The number of rotatable bonds is 0. The predicted molar refractivity (Wildman–Crippen MR) is 99.7 cm³/mol. The maximum atomic E-state index is 6.13. The zero-order valence-electron chi connectivity index (χ0n) is 11.9. The van der Waals surface area contributed by atoms with Crippen LogP contribution in [-0.2, 0) is 0 Å². The van der Waals surface area contributed by atoms with Crippen LogP contribution in [0.15, 0.2) is 65.1 Å². The standard InChI is InChI=1S/C20H10BrClO/c21-12-5-4-11-8-17-14-7-6-13(22)10-19(14)23-18-3-1-2-15(20(17)18)16(11)9-12/h1-10H. The van der Waals surface area contributed by atoms with Crippen LogP contribution in [0.1, 0.15) is 0 Å². The van der Waals surface area contributed by atoms with E-state index in [1.54, 1.807) is 0 Å². The summed E-state index contributed by atoms with van der Waals surface area (Å²) in [5, 5.41) is 5.49. The van der Waals surface area contributed by atoms with Crippen molar-refractivity contribution in [2.45, 2.75) is 0 Å². The fourth-order valence-electron chi connectivity index (χ4n) is 3.37. The molecule has 5 rings (SSSR count). The second-order valence-corrected chi connectivity index (χ2v) is 7.06. The van der Waals surface area contributed by atoms with E-state index >= 15 is 0 Å². The quantitative estimate of drug-likeness (QED) is 0.258. The van der Waals surface area contributed by atoms with Crippen LogP contribution in [0.5, 0.6) is 11.5 Å². The highest BCUT2D eigenvalue weighted by atomic mass is 79.9. The van der Waals surface area contributed by atoms with Gasteiger partial charge in [-0.25, -0.2) is 0 Å². The van der Waals surface area contributed by atoms with Crippen LogP contribution in [0.2, 0.25) is 5.02 Å². The van der Waals surface area contributed by atoms with Crippen LogP contribution < -0.4 is 4.74 Å². The molecule has 23 heavy (non-hydrogen) atoms. The molecule has 0 saturated carbocycles. The first-order chi connectivity index (χ1) is 11.2. The normalized spacial score (nSPS) is 12.3. The minimum atomic E-state index is 0.684. The SMILES string of the molecule is Clc1ccc2c(c1)Oc1cccc3c1c-2cc1ccc(Br)cc13.